The number of methoxy groups -OCH3 is 1. The second-order valence-corrected chi connectivity index (χ2v) is 8.29. The molecule has 31 heavy (non-hydrogen) atoms. The number of hydrogen-bond donors (Lipinski definition) is 0. The van der Waals surface area contributed by atoms with Crippen LogP contribution in [0.2, 0.25) is 0 Å². The third-order valence-corrected chi connectivity index (χ3v) is 5.76. The molecular weight excluding hydrogens is 458 g/mol. The molecule has 1 amide bonds. The summed E-state index contributed by atoms with van der Waals surface area (Å²) in [6.07, 6.45) is 1.43. The molecule has 6 nitrogen and oxygen atoms in total. The summed E-state index contributed by atoms with van der Waals surface area (Å²) >= 11 is 3.45. The van der Waals surface area contributed by atoms with Crippen LogP contribution in [-0.4, -0.2) is 40.6 Å². The van der Waals surface area contributed by atoms with E-state index in [1.807, 2.05) is 61.2 Å². The molecule has 0 aliphatic rings. The Morgan fingerprint density at radius 2 is 1.97 bits per heavy atom. The molecule has 0 saturated carbocycles. The molecule has 0 bridgehead atoms. The van der Waals surface area contributed by atoms with Gasteiger partial charge in [-0.15, -0.1) is 0 Å². The van der Waals surface area contributed by atoms with Crippen molar-refractivity contribution in [1.29, 1.82) is 0 Å². The Bertz CT molecular complexity index is 1110. The van der Waals surface area contributed by atoms with E-state index in [-0.39, 0.29) is 17.5 Å². The van der Waals surface area contributed by atoms with Crippen LogP contribution in [0.15, 0.2) is 57.8 Å². The maximum atomic E-state index is 13.5. The normalized spacial score (nSPS) is 12.1. The fourth-order valence-corrected chi connectivity index (χ4v) is 4.21. The minimum Gasteiger partial charge on any atom is -0.383 e. The van der Waals surface area contributed by atoms with Crippen LogP contribution in [0.1, 0.15) is 48.9 Å². The smallest absolute Gasteiger partial charge is 0.261 e. The Morgan fingerprint density at radius 1 is 1.19 bits per heavy atom. The fourth-order valence-electron chi connectivity index (χ4n) is 3.81. The second-order valence-electron chi connectivity index (χ2n) is 7.37. The molecule has 1 unspecified atom stereocenters. The first-order valence-electron chi connectivity index (χ1n) is 10.6. The van der Waals surface area contributed by atoms with E-state index in [1.54, 1.807) is 17.7 Å². The Hall–Kier alpha value is -2.51. The van der Waals surface area contributed by atoms with Crippen LogP contribution in [0.25, 0.3) is 10.9 Å². The zero-order valence-electron chi connectivity index (χ0n) is 18.2. The SMILES string of the molecule is CCCN(C(=O)c1cccc(Br)c1)C(CC)c1nc2ccccc2c(=O)n1CCOC. The van der Waals surface area contributed by atoms with Crippen LogP contribution >= 0.6 is 15.9 Å². The Balaban J connectivity index is 2.15. The predicted molar refractivity (Wildman–Crippen MR) is 126 cm³/mol. The number of halogens is 1. The predicted octanol–water partition coefficient (Wildman–Crippen LogP) is 4.81. The van der Waals surface area contributed by atoms with E-state index in [0.717, 1.165) is 10.9 Å². The number of nitrogens with zero attached hydrogens (tertiary/aromatic N) is 3. The quantitative estimate of drug-likeness (QED) is 0.436. The molecule has 2 aromatic carbocycles. The highest BCUT2D eigenvalue weighted by molar-refractivity contribution is 9.10. The van der Waals surface area contributed by atoms with Crippen molar-refractivity contribution in [1.82, 2.24) is 14.5 Å². The molecule has 0 saturated heterocycles. The molecule has 0 radical (unpaired) electrons. The van der Waals surface area contributed by atoms with Gasteiger partial charge in [-0.25, -0.2) is 4.98 Å². The lowest BCUT2D eigenvalue weighted by Gasteiger charge is -2.32. The number of benzene rings is 2. The van der Waals surface area contributed by atoms with Gasteiger partial charge in [0, 0.05) is 23.7 Å². The molecule has 0 N–H and O–H groups in total. The summed E-state index contributed by atoms with van der Waals surface area (Å²) in [7, 11) is 1.61. The summed E-state index contributed by atoms with van der Waals surface area (Å²) in [5.41, 5.74) is 1.14. The fraction of sp³-hybridized carbons (Fsp3) is 0.375. The minimum atomic E-state index is -0.333. The number of para-hydroxylation sites is 1. The topological polar surface area (TPSA) is 64.4 Å². The average Bonchev–Trinajstić information content (AvgIpc) is 2.78. The highest BCUT2D eigenvalue weighted by atomic mass is 79.9. The van der Waals surface area contributed by atoms with Crippen LogP contribution < -0.4 is 5.56 Å². The Labute approximate surface area is 191 Å². The van der Waals surface area contributed by atoms with Crippen LogP contribution in [0.4, 0.5) is 0 Å². The molecule has 0 spiro atoms. The minimum absolute atomic E-state index is 0.0734. The molecule has 1 atom stereocenters. The molecule has 0 fully saturated rings. The van der Waals surface area contributed by atoms with Gasteiger partial charge in [-0.1, -0.05) is 48.0 Å². The maximum absolute atomic E-state index is 13.5. The second kappa shape index (κ2) is 10.7. The van der Waals surface area contributed by atoms with Gasteiger partial charge in [0.05, 0.1) is 30.1 Å². The van der Waals surface area contributed by atoms with Gasteiger partial charge in [-0.3, -0.25) is 14.2 Å². The molecular formula is C24H28BrN3O3. The monoisotopic (exact) mass is 485 g/mol. The highest BCUT2D eigenvalue weighted by Crippen LogP contribution is 2.26. The van der Waals surface area contributed by atoms with E-state index in [4.69, 9.17) is 9.72 Å². The van der Waals surface area contributed by atoms with Crippen molar-refractivity contribution < 1.29 is 9.53 Å². The zero-order valence-corrected chi connectivity index (χ0v) is 19.8. The van der Waals surface area contributed by atoms with Crippen molar-refractivity contribution >= 4 is 32.7 Å². The molecule has 3 aromatic rings. The lowest BCUT2D eigenvalue weighted by molar-refractivity contribution is 0.0654. The van der Waals surface area contributed by atoms with Gasteiger partial charge in [-0.2, -0.15) is 0 Å². The summed E-state index contributed by atoms with van der Waals surface area (Å²) in [6, 6.07) is 14.4. The zero-order chi connectivity index (χ0) is 22.4. The molecule has 0 aliphatic heterocycles. The van der Waals surface area contributed by atoms with E-state index < -0.39 is 0 Å². The first-order valence-corrected chi connectivity index (χ1v) is 11.4. The first-order chi connectivity index (χ1) is 15.0. The van der Waals surface area contributed by atoms with Gasteiger partial charge in [0.25, 0.3) is 11.5 Å². The third-order valence-electron chi connectivity index (χ3n) is 5.27. The van der Waals surface area contributed by atoms with Crippen molar-refractivity contribution in [3.63, 3.8) is 0 Å². The number of ether oxygens (including phenoxy) is 1. The van der Waals surface area contributed by atoms with Gasteiger partial charge in [0.1, 0.15) is 5.82 Å². The van der Waals surface area contributed by atoms with Gasteiger partial charge in [0.2, 0.25) is 0 Å². The van der Waals surface area contributed by atoms with Gasteiger partial charge in [0.15, 0.2) is 0 Å². The summed E-state index contributed by atoms with van der Waals surface area (Å²) in [5, 5.41) is 0.567. The number of carbonyl (C=O) groups excluding carboxylic acids is 1. The lowest BCUT2D eigenvalue weighted by atomic mass is 10.1. The third kappa shape index (κ3) is 5.05. The van der Waals surface area contributed by atoms with Gasteiger partial charge < -0.3 is 9.64 Å². The Morgan fingerprint density at radius 3 is 2.65 bits per heavy atom. The maximum Gasteiger partial charge on any atom is 0.261 e. The van der Waals surface area contributed by atoms with Crippen molar-refractivity contribution in [2.75, 3.05) is 20.3 Å². The van der Waals surface area contributed by atoms with Gasteiger partial charge >= 0.3 is 0 Å². The first kappa shape index (κ1) is 23.2. The molecule has 7 heteroatoms. The summed E-state index contributed by atoms with van der Waals surface area (Å²) in [4.78, 5) is 33.5. The number of aromatic nitrogens is 2. The summed E-state index contributed by atoms with van der Waals surface area (Å²) in [5.74, 6) is 0.524. The molecule has 164 valence electrons. The van der Waals surface area contributed by atoms with Gasteiger partial charge in [-0.05, 0) is 43.2 Å². The van der Waals surface area contributed by atoms with Crippen LogP contribution in [0.5, 0.6) is 0 Å². The van der Waals surface area contributed by atoms with Crippen molar-refractivity contribution in [3.05, 3.63) is 74.7 Å². The largest absolute Gasteiger partial charge is 0.383 e. The van der Waals surface area contributed by atoms with Crippen molar-refractivity contribution in [2.24, 2.45) is 0 Å². The molecule has 1 heterocycles. The van der Waals surface area contributed by atoms with Crippen molar-refractivity contribution in [2.45, 2.75) is 39.3 Å². The standard InChI is InChI=1S/C24H28BrN3O3/c1-4-13-27(23(29)17-9-8-10-18(25)16-17)21(5-2)22-26-20-12-7-6-11-19(20)24(30)28(22)14-15-31-3/h6-12,16,21H,4-5,13-15H2,1-3H3. The molecule has 1 aromatic heterocycles. The Kier molecular flexibility index (Phi) is 7.98. The van der Waals surface area contributed by atoms with Crippen molar-refractivity contribution in [3.8, 4) is 0 Å². The molecule has 3 rings (SSSR count). The number of amides is 1. The summed E-state index contributed by atoms with van der Waals surface area (Å²) < 4.78 is 7.76. The average molecular weight is 486 g/mol. The van der Waals surface area contributed by atoms with E-state index in [2.05, 4.69) is 15.9 Å². The lowest BCUT2D eigenvalue weighted by Crippen LogP contribution is -2.39. The van der Waals surface area contributed by atoms with Crippen LogP contribution in [-0.2, 0) is 11.3 Å². The van der Waals surface area contributed by atoms with E-state index in [1.165, 1.54) is 0 Å². The highest BCUT2D eigenvalue weighted by Gasteiger charge is 2.28. The van der Waals surface area contributed by atoms with Crippen LogP contribution in [0, 0.1) is 0 Å². The summed E-state index contributed by atoms with van der Waals surface area (Å²) in [6.45, 7) is 5.39. The molecule has 0 aliphatic carbocycles. The van der Waals surface area contributed by atoms with Crippen LogP contribution in [0.3, 0.4) is 0 Å². The van der Waals surface area contributed by atoms with E-state index in [0.29, 0.717) is 48.4 Å². The number of carbonyl (C=O) groups is 1. The van der Waals surface area contributed by atoms with E-state index in [9.17, 15) is 9.59 Å². The number of rotatable bonds is 9. The van der Waals surface area contributed by atoms with E-state index >= 15 is 0 Å². The number of hydrogen-bond acceptors (Lipinski definition) is 4. The number of fused-ring (bicyclic) bond motifs is 1.